The number of nitrogens with one attached hydrogen (secondary N) is 2. The zero-order chi connectivity index (χ0) is 15.1. The molecular weight excluding hydrogens is 294 g/mol. The lowest BCUT2D eigenvalue weighted by Gasteiger charge is -2.03. The SMILES string of the molecule is CCNCCCn1cc(S(=O)(=O)NCc2ccon2)cn1. The zero-order valence-electron chi connectivity index (χ0n) is 11.8. The van der Waals surface area contributed by atoms with E-state index in [0.717, 1.165) is 19.5 Å². The van der Waals surface area contributed by atoms with Gasteiger partial charge in [-0.15, -0.1) is 0 Å². The van der Waals surface area contributed by atoms with Crippen molar-refractivity contribution in [2.24, 2.45) is 0 Å². The Morgan fingerprint density at radius 3 is 3.00 bits per heavy atom. The largest absolute Gasteiger partial charge is 0.364 e. The number of sulfonamides is 1. The quantitative estimate of drug-likeness (QED) is 0.648. The Bertz CT molecular complexity index is 636. The highest BCUT2D eigenvalue weighted by Gasteiger charge is 2.16. The number of aryl methyl sites for hydroxylation is 1. The van der Waals surface area contributed by atoms with Crippen molar-refractivity contribution in [3.05, 3.63) is 30.4 Å². The second kappa shape index (κ2) is 7.34. The standard InChI is InChI=1S/C12H19N5O3S/c1-2-13-5-3-6-17-10-12(9-14-17)21(18,19)15-8-11-4-7-20-16-11/h4,7,9-10,13,15H,2-3,5-6,8H2,1H3. The van der Waals surface area contributed by atoms with Gasteiger partial charge < -0.3 is 9.84 Å². The molecule has 0 aromatic carbocycles. The van der Waals surface area contributed by atoms with Gasteiger partial charge >= 0.3 is 0 Å². The molecule has 0 saturated heterocycles. The third kappa shape index (κ3) is 4.66. The molecular formula is C12H19N5O3S. The van der Waals surface area contributed by atoms with Gasteiger partial charge in [0.2, 0.25) is 10.0 Å². The van der Waals surface area contributed by atoms with Gasteiger partial charge in [-0.25, -0.2) is 13.1 Å². The topological polar surface area (TPSA) is 102 Å². The second-order valence-corrected chi connectivity index (χ2v) is 6.23. The first-order valence-electron chi connectivity index (χ1n) is 6.74. The lowest BCUT2D eigenvalue weighted by molar-refractivity contribution is 0.411. The van der Waals surface area contributed by atoms with Crippen LogP contribution in [0.3, 0.4) is 0 Å². The van der Waals surface area contributed by atoms with Gasteiger partial charge in [-0.1, -0.05) is 12.1 Å². The molecule has 0 saturated carbocycles. The Hall–Kier alpha value is -1.71. The van der Waals surface area contributed by atoms with E-state index >= 15 is 0 Å². The van der Waals surface area contributed by atoms with E-state index in [1.54, 1.807) is 10.7 Å². The lowest BCUT2D eigenvalue weighted by atomic mass is 10.4. The van der Waals surface area contributed by atoms with Crippen molar-refractivity contribution in [3.8, 4) is 0 Å². The van der Waals surface area contributed by atoms with Crippen LogP contribution in [-0.2, 0) is 23.1 Å². The fourth-order valence-corrected chi connectivity index (χ4v) is 2.68. The Morgan fingerprint density at radius 2 is 2.29 bits per heavy atom. The first kappa shape index (κ1) is 15.7. The molecule has 2 N–H and O–H groups in total. The molecule has 0 atom stereocenters. The summed E-state index contributed by atoms with van der Waals surface area (Å²) >= 11 is 0. The number of hydrogen-bond donors (Lipinski definition) is 2. The summed E-state index contributed by atoms with van der Waals surface area (Å²) < 4.78 is 32.9. The summed E-state index contributed by atoms with van der Waals surface area (Å²) in [5.41, 5.74) is 0.525. The zero-order valence-corrected chi connectivity index (χ0v) is 12.6. The third-order valence-corrected chi connectivity index (χ3v) is 4.20. The molecule has 0 fully saturated rings. The molecule has 0 aliphatic rings. The van der Waals surface area contributed by atoms with E-state index in [-0.39, 0.29) is 11.4 Å². The Kier molecular flexibility index (Phi) is 5.48. The molecule has 2 aromatic heterocycles. The summed E-state index contributed by atoms with van der Waals surface area (Å²) in [4.78, 5) is 0.148. The Labute approximate surface area is 123 Å². The normalized spacial score (nSPS) is 11.9. The minimum Gasteiger partial charge on any atom is -0.364 e. The fourth-order valence-electron chi connectivity index (χ4n) is 1.73. The summed E-state index contributed by atoms with van der Waals surface area (Å²) in [5.74, 6) is 0. The van der Waals surface area contributed by atoms with Gasteiger partial charge in [0.25, 0.3) is 0 Å². The first-order chi connectivity index (χ1) is 10.1. The van der Waals surface area contributed by atoms with Gasteiger partial charge in [0.1, 0.15) is 11.2 Å². The highest BCUT2D eigenvalue weighted by Crippen LogP contribution is 2.08. The summed E-state index contributed by atoms with van der Waals surface area (Å²) in [6.45, 7) is 4.60. The molecule has 0 spiro atoms. The predicted molar refractivity (Wildman–Crippen MR) is 75.9 cm³/mol. The average Bonchev–Trinajstić information content (AvgIpc) is 3.13. The van der Waals surface area contributed by atoms with Crippen molar-refractivity contribution in [1.29, 1.82) is 0 Å². The number of nitrogens with zero attached hydrogens (tertiary/aromatic N) is 3. The summed E-state index contributed by atoms with van der Waals surface area (Å²) in [7, 11) is -3.58. The van der Waals surface area contributed by atoms with Crippen molar-refractivity contribution in [2.45, 2.75) is 31.3 Å². The number of hydrogen-bond acceptors (Lipinski definition) is 6. The van der Waals surface area contributed by atoms with E-state index < -0.39 is 10.0 Å². The Morgan fingerprint density at radius 1 is 1.43 bits per heavy atom. The molecule has 116 valence electrons. The molecule has 0 amide bonds. The van der Waals surface area contributed by atoms with Crippen LogP contribution in [0.5, 0.6) is 0 Å². The minimum atomic E-state index is -3.58. The van der Waals surface area contributed by atoms with Crippen molar-refractivity contribution >= 4 is 10.0 Å². The fraction of sp³-hybridized carbons (Fsp3) is 0.500. The van der Waals surface area contributed by atoms with E-state index in [1.165, 1.54) is 18.7 Å². The molecule has 0 aliphatic carbocycles. The van der Waals surface area contributed by atoms with Crippen LogP contribution in [0.4, 0.5) is 0 Å². The van der Waals surface area contributed by atoms with Crippen LogP contribution in [0.25, 0.3) is 0 Å². The van der Waals surface area contributed by atoms with Gasteiger partial charge in [0.05, 0.1) is 18.4 Å². The van der Waals surface area contributed by atoms with Gasteiger partial charge in [-0.3, -0.25) is 4.68 Å². The van der Waals surface area contributed by atoms with Crippen molar-refractivity contribution in [2.75, 3.05) is 13.1 Å². The van der Waals surface area contributed by atoms with Gasteiger partial charge in [-0.2, -0.15) is 5.10 Å². The predicted octanol–water partition coefficient (Wildman–Crippen LogP) is 0.349. The van der Waals surface area contributed by atoms with Gasteiger partial charge in [-0.05, 0) is 19.5 Å². The second-order valence-electron chi connectivity index (χ2n) is 4.46. The molecule has 2 heterocycles. The maximum Gasteiger partial charge on any atom is 0.244 e. The van der Waals surface area contributed by atoms with Gasteiger partial charge in [0.15, 0.2) is 0 Å². The molecule has 8 nitrogen and oxygen atoms in total. The summed E-state index contributed by atoms with van der Waals surface area (Å²) in [6, 6.07) is 1.60. The van der Waals surface area contributed by atoms with Crippen molar-refractivity contribution in [1.82, 2.24) is 25.0 Å². The molecule has 9 heteroatoms. The smallest absolute Gasteiger partial charge is 0.244 e. The molecule has 0 unspecified atom stereocenters. The van der Waals surface area contributed by atoms with Crippen LogP contribution < -0.4 is 10.0 Å². The van der Waals surface area contributed by atoms with E-state index in [9.17, 15) is 8.42 Å². The minimum absolute atomic E-state index is 0.0877. The van der Waals surface area contributed by atoms with Gasteiger partial charge in [0, 0.05) is 18.8 Å². The monoisotopic (exact) mass is 313 g/mol. The average molecular weight is 313 g/mol. The third-order valence-electron chi connectivity index (χ3n) is 2.85. The summed E-state index contributed by atoms with van der Waals surface area (Å²) in [5, 5.41) is 10.9. The van der Waals surface area contributed by atoms with Crippen LogP contribution in [0, 0.1) is 0 Å². The van der Waals surface area contributed by atoms with Crippen LogP contribution in [0.15, 0.2) is 34.1 Å². The van der Waals surface area contributed by atoms with Crippen LogP contribution in [0.1, 0.15) is 19.0 Å². The maximum absolute atomic E-state index is 12.1. The molecule has 2 rings (SSSR count). The first-order valence-corrected chi connectivity index (χ1v) is 8.22. The van der Waals surface area contributed by atoms with Crippen molar-refractivity contribution in [3.63, 3.8) is 0 Å². The molecule has 0 aliphatic heterocycles. The Balaban J connectivity index is 1.89. The van der Waals surface area contributed by atoms with Crippen LogP contribution in [-0.4, -0.2) is 36.4 Å². The molecule has 0 radical (unpaired) electrons. The van der Waals surface area contributed by atoms with Crippen LogP contribution >= 0.6 is 0 Å². The number of aromatic nitrogens is 3. The molecule has 2 aromatic rings. The highest BCUT2D eigenvalue weighted by molar-refractivity contribution is 7.89. The van der Waals surface area contributed by atoms with Crippen LogP contribution in [0.2, 0.25) is 0 Å². The van der Waals surface area contributed by atoms with Crippen molar-refractivity contribution < 1.29 is 12.9 Å². The van der Waals surface area contributed by atoms with E-state index in [2.05, 4.69) is 24.8 Å². The van der Waals surface area contributed by atoms with E-state index in [4.69, 9.17) is 0 Å². The highest BCUT2D eigenvalue weighted by atomic mass is 32.2. The molecule has 0 bridgehead atoms. The number of rotatable bonds is 9. The van der Waals surface area contributed by atoms with E-state index in [1.807, 2.05) is 6.92 Å². The lowest BCUT2D eigenvalue weighted by Crippen LogP contribution is -2.23. The summed E-state index contributed by atoms with van der Waals surface area (Å²) in [6.07, 6.45) is 5.16. The maximum atomic E-state index is 12.1. The molecule has 21 heavy (non-hydrogen) atoms. The van der Waals surface area contributed by atoms with E-state index in [0.29, 0.717) is 12.2 Å².